The zero-order valence-electron chi connectivity index (χ0n) is 11.2. The van der Waals surface area contributed by atoms with Crippen LogP contribution in [0, 0.1) is 9.49 Å². The van der Waals surface area contributed by atoms with Gasteiger partial charge in [-0.25, -0.2) is 0 Å². The number of carbonyl (C=O) groups is 1. The fourth-order valence-electron chi connectivity index (χ4n) is 3.40. The molecule has 1 aromatic carbocycles. The zero-order chi connectivity index (χ0) is 14.1. The number of benzene rings is 1. The molecule has 2 aliphatic rings. The van der Waals surface area contributed by atoms with Gasteiger partial charge in [0.2, 0.25) is 5.91 Å². The molecule has 5 heteroatoms. The van der Waals surface area contributed by atoms with E-state index < -0.39 is 0 Å². The first-order chi connectivity index (χ1) is 9.60. The van der Waals surface area contributed by atoms with E-state index in [0.29, 0.717) is 29.4 Å². The third kappa shape index (κ3) is 3.46. The van der Waals surface area contributed by atoms with Crippen molar-refractivity contribution in [3.63, 3.8) is 0 Å². The SMILES string of the molecule is O=C(CC1CC2CCC(C1)N2)Nc1ccc(Cl)cc1I. The quantitative estimate of drug-likeness (QED) is 0.752. The van der Waals surface area contributed by atoms with Crippen LogP contribution in [0.4, 0.5) is 5.69 Å². The van der Waals surface area contributed by atoms with Crippen molar-refractivity contribution in [2.24, 2.45) is 5.92 Å². The highest BCUT2D eigenvalue weighted by Crippen LogP contribution is 2.33. The molecule has 0 spiro atoms. The lowest BCUT2D eigenvalue weighted by atomic mass is 9.89. The van der Waals surface area contributed by atoms with Crippen molar-refractivity contribution >= 4 is 45.8 Å². The van der Waals surface area contributed by atoms with Gasteiger partial charge in [0.1, 0.15) is 0 Å². The molecular formula is C15H18ClIN2O. The number of amides is 1. The van der Waals surface area contributed by atoms with E-state index in [2.05, 4.69) is 33.2 Å². The molecule has 2 bridgehead atoms. The number of hydrogen-bond donors (Lipinski definition) is 2. The van der Waals surface area contributed by atoms with Crippen molar-refractivity contribution in [3.05, 3.63) is 26.8 Å². The Balaban J connectivity index is 1.57. The molecule has 2 saturated heterocycles. The lowest BCUT2D eigenvalue weighted by Gasteiger charge is -2.28. The van der Waals surface area contributed by atoms with E-state index in [4.69, 9.17) is 11.6 Å². The van der Waals surface area contributed by atoms with Crippen LogP contribution in [-0.4, -0.2) is 18.0 Å². The van der Waals surface area contributed by atoms with Crippen LogP contribution >= 0.6 is 34.2 Å². The predicted octanol–water partition coefficient (Wildman–Crippen LogP) is 3.80. The average molecular weight is 405 g/mol. The Morgan fingerprint density at radius 2 is 2.05 bits per heavy atom. The van der Waals surface area contributed by atoms with Gasteiger partial charge in [0, 0.05) is 27.1 Å². The molecule has 2 heterocycles. The number of halogens is 2. The van der Waals surface area contributed by atoms with Gasteiger partial charge in [-0.2, -0.15) is 0 Å². The van der Waals surface area contributed by atoms with E-state index in [0.717, 1.165) is 22.1 Å². The second-order valence-corrected chi connectivity index (χ2v) is 7.45. The van der Waals surface area contributed by atoms with Gasteiger partial charge in [-0.1, -0.05) is 11.6 Å². The van der Waals surface area contributed by atoms with Crippen LogP contribution in [-0.2, 0) is 4.79 Å². The number of piperidine rings is 1. The molecule has 2 unspecified atom stereocenters. The standard InChI is InChI=1S/C15H18ClIN2O/c16-10-1-4-14(13(17)8-10)19-15(20)7-9-5-11-2-3-12(6-9)18-11/h1,4,8-9,11-12,18H,2-3,5-7H2,(H,19,20). The minimum atomic E-state index is 0.122. The Morgan fingerprint density at radius 1 is 1.35 bits per heavy atom. The summed E-state index contributed by atoms with van der Waals surface area (Å²) in [6, 6.07) is 6.82. The van der Waals surface area contributed by atoms with Crippen molar-refractivity contribution in [3.8, 4) is 0 Å². The molecule has 3 rings (SSSR count). The van der Waals surface area contributed by atoms with E-state index in [-0.39, 0.29) is 5.91 Å². The van der Waals surface area contributed by atoms with Crippen LogP contribution in [0.5, 0.6) is 0 Å². The summed E-state index contributed by atoms with van der Waals surface area (Å²) in [4.78, 5) is 12.2. The maximum absolute atomic E-state index is 12.2. The van der Waals surface area contributed by atoms with Gasteiger partial charge < -0.3 is 10.6 Å². The van der Waals surface area contributed by atoms with Crippen molar-refractivity contribution in [1.82, 2.24) is 5.32 Å². The molecule has 3 nitrogen and oxygen atoms in total. The first-order valence-electron chi connectivity index (χ1n) is 7.11. The summed E-state index contributed by atoms with van der Waals surface area (Å²) >= 11 is 8.12. The summed E-state index contributed by atoms with van der Waals surface area (Å²) in [6.07, 6.45) is 5.46. The van der Waals surface area contributed by atoms with Gasteiger partial charge in [0.25, 0.3) is 0 Å². The Morgan fingerprint density at radius 3 is 2.70 bits per heavy atom. The summed E-state index contributed by atoms with van der Waals surface area (Å²) in [5.41, 5.74) is 0.858. The Bertz CT molecular complexity index is 511. The van der Waals surface area contributed by atoms with E-state index in [1.165, 1.54) is 12.8 Å². The van der Waals surface area contributed by atoms with Crippen LogP contribution in [0.15, 0.2) is 18.2 Å². The second-order valence-electron chi connectivity index (χ2n) is 5.85. The minimum Gasteiger partial charge on any atom is -0.325 e. The predicted molar refractivity (Wildman–Crippen MR) is 90.1 cm³/mol. The summed E-state index contributed by atoms with van der Waals surface area (Å²) < 4.78 is 0.980. The Hall–Kier alpha value is -0.330. The molecule has 20 heavy (non-hydrogen) atoms. The third-order valence-electron chi connectivity index (χ3n) is 4.25. The van der Waals surface area contributed by atoms with Gasteiger partial charge in [-0.3, -0.25) is 4.79 Å². The van der Waals surface area contributed by atoms with Crippen LogP contribution in [0.2, 0.25) is 5.02 Å². The van der Waals surface area contributed by atoms with Gasteiger partial charge in [-0.15, -0.1) is 0 Å². The molecule has 2 atom stereocenters. The number of carbonyl (C=O) groups excluding carboxylic acids is 1. The highest BCUT2D eigenvalue weighted by molar-refractivity contribution is 14.1. The fourth-order valence-corrected chi connectivity index (χ4v) is 4.40. The Kier molecular flexibility index (Phi) is 4.52. The molecule has 0 aromatic heterocycles. The van der Waals surface area contributed by atoms with Crippen molar-refractivity contribution in [2.45, 2.75) is 44.2 Å². The highest BCUT2D eigenvalue weighted by Gasteiger charge is 2.34. The molecule has 0 aliphatic carbocycles. The summed E-state index contributed by atoms with van der Waals surface area (Å²) in [5.74, 6) is 0.648. The maximum atomic E-state index is 12.2. The molecule has 2 N–H and O–H groups in total. The highest BCUT2D eigenvalue weighted by atomic mass is 127. The fraction of sp³-hybridized carbons (Fsp3) is 0.533. The van der Waals surface area contributed by atoms with Crippen molar-refractivity contribution in [2.75, 3.05) is 5.32 Å². The number of hydrogen-bond acceptors (Lipinski definition) is 2. The number of nitrogens with one attached hydrogen (secondary N) is 2. The van der Waals surface area contributed by atoms with Gasteiger partial charge in [0.15, 0.2) is 0 Å². The van der Waals surface area contributed by atoms with Crippen LogP contribution in [0.25, 0.3) is 0 Å². The molecule has 0 saturated carbocycles. The normalized spacial score (nSPS) is 28.4. The molecule has 2 fully saturated rings. The van der Waals surface area contributed by atoms with Crippen molar-refractivity contribution < 1.29 is 4.79 Å². The number of fused-ring (bicyclic) bond motifs is 2. The first-order valence-corrected chi connectivity index (χ1v) is 8.57. The van der Waals surface area contributed by atoms with E-state index in [1.807, 2.05) is 18.2 Å². The van der Waals surface area contributed by atoms with E-state index in [1.54, 1.807) is 0 Å². The second kappa shape index (κ2) is 6.20. The monoisotopic (exact) mass is 404 g/mol. The van der Waals surface area contributed by atoms with E-state index >= 15 is 0 Å². The van der Waals surface area contributed by atoms with Crippen LogP contribution in [0.1, 0.15) is 32.1 Å². The van der Waals surface area contributed by atoms with Crippen molar-refractivity contribution in [1.29, 1.82) is 0 Å². The molecule has 1 amide bonds. The molecule has 1 aromatic rings. The van der Waals surface area contributed by atoms with Gasteiger partial charge in [0.05, 0.1) is 5.69 Å². The van der Waals surface area contributed by atoms with Gasteiger partial charge >= 0.3 is 0 Å². The smallest absolute Gasteiger partial charge is 0.224 e. The third-order valence-corrected chi connectivity index (χ3v) is 5.38. The average Bonchev–Trinajstić information content (AvgIpc) is 2.72. The topological polar surface area (TPSA) is 41.1 Å². The zero-order valence-corrected chi connectivity index (χ0v) is 14.1. The minimum absolute atomic E-state index is 0.122. The summed E-state index contributed by atoms with van der Waals surface area (Å²) in [7, 11) is 0. The Labute approximate surface area is 138 Å². The lowest BCUT2D eigenvalue weighted by molar-refractivity contribution is -0.117. The number of rotatable bonds is 3. The molecule has 108 valence electrons. The largest absolute Gasteiger partial charge is 0.325 e. The first kappa shape index (κ1) is 14.6. The summed E-state index contributed by atoms with van der Waals surface area (Å²) in [6.45, 7) is 0. The van der Waals surface area contributed by atoms with Crippen LogP contribution < -0.4 is 10.6 Å². The molecular weight excluding hydrogens is 387 g/mol. The molecule has 0 radical (unpaired) electrons. The molecule has 2 aliphatic heterocycles. The van der Waals surface area contributed by atoms with Crippen LogP contribution in [0.3, 0.4) is 0 Å². The van der Waals surface area contributed by atoms with Gasteiger partial charge in [-0.05, 0) is 72.4 Å². The van der Waals surface area contributed by atoms with E-state index in [9.17, 15) is 4.79 Å². The lowest BCUT2D eigenvalue weighted by Crippen LogP contribution is -2.39. The summed E-state index contributed by atoms with van der Waals surface area (Å²) in [5, 5.41) is 7.32. The maximum Gasteiger partial charge on any atom is 0.224 e. The number of anilines is 1.